The lowest BCUT2D eigenvalue weighted by molar-refractivity contribution is -0.0688. The predicted molar refractivity (Wildman–Crippen MR) is 68.0 cm³/mol. The summed E-state index contributed by atoms with van der Waals surface area (Å²) < 4.78 is 11.7. The van der Waals surface area contributed by atoms with Crippen LogP contribution >= 0.6 is 0 Å². The number of rotatable bonds is 3. The SMILES string of the molecule is CC(N)C1CN(CC2CCC(C)(C)O2)CCO1. The third kappa shape index (κ3) is 3.65. The molecule has 2 N–H and O–H groups in total. The Balaban J connectivity index is 1.79. The smallest absolute Gasteiger partial charge is 0.0850 e. The van der Waals surface area contributed by atoms with Crippen LogP contribution in [0.4, 0.5) is 0 Å². The highest BCUT2D eigenvalue weighted by atomic mass is 16.5. The van der Waals surface area contributed by atoms with Gasteiger partial charge in [-0.1, -0.05) is 0 Å². The molecule has 0 spiro atoms. The Morgan fingerprint density at radius 1 is 1.47 bits per heavy atom. The first kappa shape index (κ1) is 13.3. The van der Waals surface area contributed by atoms with Gasteiger partial charge >= 0.3 is 0 Å². The maximum Gasteiger partial charge on any atom is 0.0850 e. The van der Waals surface area contributed by atoms with E-state index in [2.05, 4.69) is 18.7 Å². The molecule has 3 unspecified atom stereocenters. The van der Waals surface area contributed by atoms with Gasteiger partial charge in [0.15, 0.2) is 0 Å². The summed E-state index contributed by atoms with van der Waals surface area (Å²) in [6.45, 7) is 10.1. The molecule has 4 heteroatoms. The first-order chi connectivity index (χ1) is 7.96. The largest absolute Gasteiger partial charge is 0.374 e. The zero-order chi connectivity index (χ0) is 12.5. The molecule has 3 atom stereocenters. The van der Waals surface area contributed by atoms with Crippen molar-refractivity contribution in [1.82, 2.24) is 4.90 Å². The first-order valence-corrected chi connectivity index (χ1v) is 6.74. The minimum atomic E-state index is 0.0670. The molecule has 2 aliphatic rings. The van der Waals surface area contributed by atoms with Crippen LogP contribution in [-0.4, -0.2) is 55.0 Å². The van der Waals surface area contributed by atoms with Crippen molar-refractivity contribution in [3.8, 4) is 0 Å². The van der Waals surface area contributed by atoms with E-state index in [1.54, 1.807) is 0 Å². The zero-order valence-corrected chi connectivity index (χ0v) is 11.3. The summed E-state index contributed by atoms with van der Waals surface area (Å²) in [5.74, 6) is 0. The van der Waals surface area contributed by atoms with E-state index < -0.39 is 0 Å². The van der Waals surface area contributed by atoms with Crippen molar-refractivity contribution < 1.29 is 9.47 Å². The molecule has 0 aromatic carbocycles. The molecule has 2 heterocycles. The molecule has 0 aromatic heterocycles. The topological polar surface area (TPSA) is 47.7 Å². The quantitative estimate of drug-likeness (QED) is 0.802. The highest BCUT2D eigenvalue weighted by molar-refractivity contribution is 4.85. The highest BCUT2D eigenvalue weighted by Crippen LogP contribution is 2.29. The third-order valence-electron chi connectivity index (χ3n) is 3.78. The van der Waals surface area contributed by atoms with Crippen molar-refractivity contribution in [2.75, 3.05) is 26.2 Å². The van der Waals surface area contributed by atoms with E-state index in [4.69, 9.17) is 15.2 Å². The van der Waals surface area contributed by atoms with Crippen LogP contribution in [-0.2, 0) is 9.47 Å². The second-order valence-corrected chi connectivity index (χ2v) is 6.07. The third-order valence-corrected chi connectivity index (χ3v) is 3.78. The van der Waals surface area contributed by atoms with Gasteiger partial charge in [-0.25, -0.2) is 0 Å². The van der Waals surface area contributed by atoms with Crippen molar-refractivity contribution in [3.63, 3.8) is 0 Å². The summed E-state index contributed by atoms with van der Waals surface area (Å²) in [4.78, 5) is 2.43. The van der Waals surface area contributed by atoms with Crippen molar-refractivity contribution in [3.05, 3.63) is 0 Å². The Morgan fingerprint density at radius 2 is 2.24 bits per heavy atom. The molecule has 100 valence electrons. The Hall–Kier alpha value is -0.160. The van der Waals surface area contributed by atoms with Crippen molar-refractivity contribution >= 4 is 0 Å². The van der Waals surface area contributed by atoms with E-state index in [9.17, 15) is 0 Å². The highest BCUT2D eigenvalue weighted by Gasteiger charge is 2.33. The maximum absolute atomic E-state index is 6.03. The predicted octanol–water partition coefficient (Wildman–Crippen LogP) is 0.992. The van der Waals surface area contributed by atoms with Gasteiger partial charge in [-0.3, -0.25) is 4.90 Å². The molecular weight excluding hydrogens is 216 g/mol. The fraction of sp³-hybridized carbons (Fsp3) is 1.00. The molecule has 0 aromatic rings. The Labute approximate surface area is 104 Å². The molecule has 0 bridgehead atoms. The Morgan fingerprint density at radius 3 is 2.82 bits per heavy atom. The van der Waals surface area contributed by atoms with Crippen LogP contribution in [0.25, 0.3) is 0 Å². The molecule has 2 saturated heterocycles. The number of morpholine rings is 1. The van der Waals surface area contributed by atoms with Gasteiger partial charge < -0.3 is 15.2 Å². The lowest BCUT2D eigenvalue weighted by atomic mass is 10.1. The second kappa shape index (κ2) is 5.22. The van der Waals surface area contributed by atoms with E-state index in [-0.39, 0.29) is 17.7 Å². The van der Waals surface area contributed by atoms with Gasteiger partial charge in [-0.15, -0.1) is 0 Å². The summed E-state index contributed by atoms with van der Waals surface area (Å²) in [5, 5.41) is 0. The van der Waals surface area contributed by atoms with E-state index in [1.165, 1.54) is 12.8 Å². The number of hydrogen-bond acceptors (Lipinski definition) is 4. The monoisotopic (exact) mass is 242 g/mol. The fourth-order valence-corrected chi connectivity index (χ4v) is 2.71. The first-order valence-electron chi connectivity index (χ1n) is 6.74. The molecule has 0 radical (unpaired) electrons. The number of nitrogens with two attached hydrogens (primary N) is 1. The minimum absolute atomic E-state index is 0.0670. The summed E-state index contributed by atoms with van der Waals surface area (Å²) >= 11 is 0. The molecule has 2 fully saturated rings. The average molecular weight is 242 g/mol. The van der Waals surface area contributed by atoms with Gasteiger partial charge in [0.1, 0.15) is 0 Å². The molecule has 2 aliphatic heterocycles. The van der Waals surface area contributed by atoms with Gasteiger partial charge in [0.2, 0.25) is 0 Å². The van der Waals surface area contributed by atoms with E-state index in [0.29, 0.717) is 6.10 Å². The van der Waals surface area contributed by atoms with Gasteiger partial charge in [0.05, 0.1) is 24.4 Å². The van der Waals surface area contributed by atoms with Crippen molar-refractivity contribution in [2.45, 2.75) is 57.5 Å². The molecule has 4 nitrogen and oxygen atoms in total. The molecule has 0 saturated carbocycles. The van der Waals surface area contributed by atoms with E-state index >= 15 is 0 Å². The molecule has 2 rings (SSSR count). The molecule has 0 aliphatic carbocycles. The van der Waals surface area contributed by atoms with Crippen LogP contribution in [0.15, 0.2) is 0 Å². The van der Waals surface area contributed by atoms with Crippen LogP contribution in [0.2, 0.25) is 0 Å². The second-order valence-electron chi connectivity index (χ2n) is 6.07. The fourth-order valence-electron chi connectivity index (χ4n) is 2.71. The summed E-state index contributed by atoms with van der Waals surface area (Å²) in [6, 6.07) is 0.110. The lowest BCUT2D eigenvalue weighted by Gasteiger charge is -2.36. The van der Waals surface area contributed by atoms with Crippen LogP contribution in [0.1, 0.15) is 33.6 Å². The number of nitrogens with zero attached hydrogens (tertiary/aromatic N) is 1. The summed E-state index contributed by atoms with van der Waals surface area (Å²) in [6.07, 6.45) is 2.90. The summed E-state index contributed by atoms with van der Waals surface area (Å²) in [7, 11) is 0. The van der Waals surface area contributed by atoms with Gasteiger partial charge in [0.25, 0.3) is 0 Å². The Kier molecular flexibility index (Phi) is 4.08. The van der Waals surface area contributed by atoms with Crippen molar-refractivity contribution in [2.24, 2.45) is 5.73 Å². The van der Waals surface area contributed by atoms with Gasteiger partial charge in [0, 0.05) is 25.7 Å². The average Bonchev–Trinajstić information content (AvgIpc) is 2.58. The number of hydrogen-bond donors (Lipinski definition) is 1. The molecule has 0 amide bonds. The van der Waals surface area contributed by atoms with Gasteiger partial charge in [-0.2, -0.15) is 0 Å². The van der Waals surface area contributed by atoms with Crippen LogP contribution in [0, 0.1) is 0 Å². The standard InChI is InChI=1S/C13H26N2O2/c1-10(14)12-9-15(6-7-16-12)8-11-4-5-13(2,3)17-11/h10-12H,4-9,14H2,1-3H3. The van der Waals surface area contributed by atoms with E-state index in [0.717, 1.165) is 26.2 Å². The Bertz CT molecular complexity index is 256. The normalized spacial score (nSPS) is 36.0. The van der Waals surface area contributed by atoms with Crippen LogP contribution in [0.3, 0.4) is 0 Å². The zero-order valence-electron chi connectivity index (χ0n) is 11.3. The maximum atomic E-state index is 6.03. The lowest BCUT2D eigenvalue weighted by Crippen LogP contribution is -2.51. The molecule has 17 heavy (non-hydrogen) atoms. The van der Waals surface area contributed by atoms with Crippen LogP contribution < -0.4 is 5.73 Å². The summed E-state index contributed by atoms with van der Waals surface area (Å²) in [5.41, 5.74) is 5.96. The minimum Gasteiger partial charge on any atom is -0.374 e. The molecular formula is C13H26N2O2. The van der Waals surface area contributed by atoms with Crippen molar-refractivity contribution in [1.29, 1.82) is 0 Å². The number of ether oxygens (including phenoxy) is 2. The van der Waals surface area contributed by atoms with Crippen LogP contribution in [0.5, 0.6) is 0 Å². The van der Waals surface area contributed by atoms with E-state index in [1.807, 2.05) is 6.92 Å². The van der Waals surface area contributed by atoms with Gasteiger partial charge in [-0.05, 0) is 33.6 Å².